The highest BCUT2D eigenvalue weighted by Crippen LogP contribution is 2.28. The van der Waals surface area contributed by atoms with Crippen LogP contribution in [-0.2, 0) is 4.79 Å². The van der Waals surface area contributed by atoms with Gasteiger partial charge in [-0.2, -0.15) is 0 Å². The maximum Gasteiger partial charge on any atom is 0.224 e. The van der Waals surface area contributed by atoms with Crippen molar-refractivity contribution < 1.29 is 14.0 Å². The third kappa shape index (κ3) is 4.51. The van der Waals surface area contributed by atoms with Crippen molar-refractivity contribution in [3.63, 3.8) is 0 Å². The van der Waals surface area contributed by atoms with Gasteiger partial charge in [0.2, 0.25) is 5.91 Å². The summed E-state index contributed by atoms with van der Waals surface area (Å²) < 4.78 is 13.9. The fraction of sp³-hybridized carbons (Fsp3) is 0.263. The highest BCUT2D eigenvalue weighted by molar-refractivity contribution is 9.10. The summed E-state index contributed by atoms with van der Waals surface area (Å²) in [6.45, 7) is 5.77. The average Bonchev–Trinajstić information content (AvgIpc) is 2.50. The molecular formula is C19H19BrFNO2. The van der Waals surface area contributed by atoms with Crippen molar-refractivity contribution in [3.8, 4) is 0 Å². The Balaban J connectivity index is 2.40. The first kappa shape index (κ1) is 18.3. The molecule has 0 saturated heterocycles. The Kier molecular flexibility index (Phi) is 5.89. The second-order valence-corrected chi connectivity index (χ2v) is 6.98. The van der Waals surface area contributed by atoms with E-state index >= 15 is 0 Å². The van der Waals surface area contributed by atoms with Crippen LogP contribution in [0.25, 0.3) is 0 Å². The minimum absolute atomic E-state index is 0.145. The molecule has 3 nitrogen and oxygen atoms in total. The molecular weight excluding hydrogens is 373 g/mol. The molecule has 0 spiro atoms. The number of rotatable bonds is 5. The molecule has 126 valence electrons. The summed E-state index contributed by atoms with van der Waals surface area (Å²) in [4.78, 5) is 24.8. The summed E-state index contributed by atoms with van der Waals surface area (Å²) >= 11 is 3.42. The fourth-order valence-electron chi connectivity index (χ4n) is 2.30. The topological polar surface area (TPSA) is 46.2 Å². The van der Waals surface area contributed by atoms with Crippen LogP contribution in [0.5, 0.6) is 0 Å². The third-order valence-electron chi connectivity index (χ3n) is 3.52. The normalized spacial score (nSPS) is 10.8. The first-order valence-electron chi connectivity index (χ1n) is 7.68. The van der Waals surface area contributed by atoms with Gasteiger partial charge in [-0.25, -0.2) is 4.39 Å². The Hall–Kier alpha value is -2.01. The van der Waals surface area contributed by atoms with Crippen molar-refractivity contribution in [3.05, 3.63) is 63.4 Å². The molecule has 0 bridgehead atoms. The molecule has 0 saturated carbocycles. The van der Waals surface area contributed by atoms with Crippen LogP contribution in [0.1, 0.15) is 41.8 Å². The Labute approximate surface area is 149 Å². The highest BCUT2D eigenvalue weighted by Gasteiger charge is 2.17. The first-order chi connectivity index (χ1) is 11.3. The van der Waals surface area contributed by atoms with Gasteiger partial charge in [0.15, 0.2) is 5.78 Å². The maximum absolute atomic E-state index is 13.1. The summed E-state index contributed by atoms with van der Waals surface area (Å²) in [5.74, 6) is -0.585. The number of amides is 1. The highest BCUT2D eigenvalue weighted by atomic mass is 79.9. The second kappa shape index (κ2) is 7.71. The molecule has 0 aliphatic rings. The molecule has 5 heteroatoms. The fourth-order valence-corrected chi connectivity index (χ4v) is 2.64. The molecule has 2 rings (SSSR count). The van der Waals surface area contributed by atoms with Gasteiger partial charge < -0.3 is 5.32 Å². The lowest BCUT2D eigenvalue weighted by molar-refractivity contribution is -0.116. The van der Waals surface area contributed by atoms with Crippen LogP contribution in [0, 0.1) is 18.7 Å². The number of anilines is 1. The van der Waals surface area contributed by atoms with Crippen LogP contribution in [0.15, 0.2) is 40.9 Å². The first-order valence-corrected chi connectivity index (χ1v) is 8.47. The summed E-state index contributed by atoms with van der Waals surface area (Å²) in [6, 6.07) is 8.82. The monoisotopic (exact) mass is 391 g/mol. The summed E-state index contributed by atoms with van der Waals surface area (Å²) in [5.41, 5.74) is 2.09. The van der Waals surface area contributed by atoms with Gasteiger partial charge in [-0.1, -0.05) is 29.8 Å². The molecule has 1 amide bonds. The second-order valence-electron chi connectivity index (χ2n) is 6.13. The molecule has 0 atom stereocenters. The third-order valence-corrected chi connectivity index (χ3v) is 4.37. The summed E-state index contributed by atoms with van der Waals surface area (Å²) in [7, 11) is 0. The molecule has 0 heterocycles. The van der Waals surface area contributed by atoms with E-state index in [4.69, 9.17) is 0 Å². The quantitative estimate of drug-likeness (QED) is 0.719. The smallest absolute Gasteiger partial charge is 0.224 e. The molecule has 0 aliphatic carbocycles. The number of carbonyl (C=O) groups is 2. The molecule has 2 aromatic carbocycles. The Morgan fingerprint density at radius 1 is 1.17 bits per heavy atom. The van der Waals surface area contributed by atoms with Crippen molar-refractivity contribution in [2.45, 2.75) is 27.2 Å². The molecule has 0 fully saturated rings. The maximum atomic E-state index is 13.1. The molecule has 2 aromatic rings. The Morgan fingerprint density at radius 2 is 1.79 bits per heavy atom. The number of halogens is 2. The molecule has 0 unspecified atom stereocenters. The number of hydrogen-bond donors (Lipinski definition) is 1. The van der Waals surface area contributed by atoms with E-state index in [1.54, 1.807) is 12.1 Å². The van der Waals surface area contributed by atoms with Crippen LogP contribution >= 0.6 is 15.9 Å². The lowest BCUT2D eigenvalue weighted by atomic mass is 9.99. The van der Waals surface area contributed by atoms with E-state index in [0.29, 0.717) is 23.2 Å². The number of hydrogen-bond acceptors (Lipinski definition) is 2. The molecule has 24 heavy (non-hydrogen) atoms. The van der Waals surface area contributed by atoms with Gasteiger partial charge in [0, 0.05) is 22.0 Å². The largest absolute Gasteiger partial charge is 0.325 e. The van der Waals surface area contributed by atoms with Gasteiger partial charge in [-0.15, -0.1) is 0 Å². The standard InChI is InChI=1S/C19H19BrFNO2/c1-11(2)8-18(23)22-17-10-16(20)12(3)9-15(17)19(24)13-4-6-14(21)7-5-13/h4-7,9-11H,8H2,1-3H3,(H,22,23). The number of aryl methyl sites for hydroxylation is 1. The van der Waals surface area contributed by atoms with E-state index in [2.05, 4.69) is 21.2 Å². The summed E-state index contributed by atoms with van der Waals surface area (Å²) in [5, 5.41) is 2.81. The number of ketones is 1. The van der Waals surface area contributed by atoms with Crippen LogP contribution in [0.2, 0.25) is 0 Å². The number of benzene rings is 2. The van der Waals surface area contributed by atoms with Gasteiger partial charge in [-0.3, -0.25) is 9.59 Å². The lowest BCUT2D eigenvalue weighted by Gasteiger charge is -2.14. The Bertz CT molecular complexity index is 770. The van der Waals surface area contributed by atoms with Crippen LogP contribution in [-0.4, -0.2) is 11.7 Å². The number of nitrogens with one attached hydrogen (secondary N) is 1. The number of carbonyl (C=O) groups excluding carboxylic acids is 2. The van der Waals surface area contributed by atoms with Crippen molar-refractivity contribution in [2.75, 3.05) is 5.32 Å². The van der Waals surface area contributed by atoms with Crippen molar-refractivity contribution in [1.29, 1.82) is 0 Å². The van der Waals surface area contributed by atoms with Gasteiger partial charge >= 0.3 is 0 Å². The average molecular weight is 392 g/mol. The summed E-state index contributed by atoms with van der Waals surface area (Å²) in [6.07, 6.45) is 0.371. The molecule has 1 N–H and O–H groups in total. The van der Waals surface area contributed by atoms with E-state index in [-0.39, 0.29) is 17.6 Å². The molecule has 0 radical (unpaired) electrons. The lowest BCUT2D eigenvalue weighted by Crippen LogP contribution is -2.17. The van der Waals surface area contributed by atoms with E-state index < -0.39 is 5.82 Å². The van der Waals surface area contributed by atoms with E-state index in [1.165, 1.54) is 24.3 Å². The van der Waals surface area contributed by atoms with Crippen molar-refractivity contribution >= 4 is 33.3 Å². The van der Waals surface area contributed by atoms with Crippen molar-refractivity contribution in [1.82, 2.24) is 0 Å². The zero-order chi connectivity index (χ0) is 17.9. The minimum atomic E-state index is -0.399. The van der Waals surface area contributed by atoms with Crippen LogP contribution < -0.4 is 5.32 Å². The zero-order valence-electron chi connectivity index (χ0n) is 13.8. The van der Waals surface area contributed by atoms with E-state index in [0.717, 1.165) is 10.0 Å². The minimum Gasteiger partial charge on any atom is -0.325 e. The van der Waals surface area contributed by atoms with E-state index in [9.17, 15) is 14.0 Å². The zero-order valence-corrected chi connectivity index (χ0v) is 15.4. The molecule has 0 aliphatic heterocycles. The van der Waals surface area contributed by atoms with Gasteiger partial charge in [0.1, 0.15) is 5.82 Å². The van der Waals surface area contributed by atoms with Gasteiger partial charge in [0.25, 0.3) is 0 Å². The van der Waals surface area contributed by atoms with Crippen LogP contribution in [0.3, 0.4) is 0 Å². The predicted molar refractivity (Wildman–Crippen MR) is 96.8 cm³/mol. The van der Waals surface area contributed by atoms with Gasteiger partial charge in [-0.05, 0) is 54.8 Å². The Morgan fingerprint density at radius 3 is 2.38 bits per heavy atom. The molecule has 0 aromatic heterocycles. The van der Waals surface area contributed by atoms with Gasteiger partial charge in [0.05, 0.1) is 5.69 Å². The predicted octanol–water partition coefficient (Wildman–Crippen LogP) is 5.11. The van der Waals surface area contributed by atoms with Crippen molar-refractivity contribution in [2.24, 2.45) is 5.92 Å². The van der Waals surface area contributed by atoms with Crippen LogP contribution in [0.4, 0.5) is 10.1 Å². The SMILES string of the molecule is Cc1cc(C(=O)c2ccc(F)cc2)c(NC(=O)CC(C)C)cc1Br. The van der Waals surface area contributed by atoms with E-state index in [1.807, 2.05) is 20.8 Å².